The average Bonchev–Trinajstić information content (AvgIpc) is 2.43. The van der Waals surface area contributed by atoms with Crippen LogP contribution in [-0.2, 0) is 22.1 Å². The zero-order chi connectivity index (χ0) is 15.2. The molecule has 0 spiro atoms. The van der Waals surface area contributed by atoms with Crippen LogP contribution in [0.4, 0.5) is 0 Å². The van der Waals surface area contributed by atoms with Gasteiger partial charge in [-0.1, -0.05) is 19.9 Å². The first kappa shape index (κ1) is 17.0. The van der Waals surface area contributed by atoms with Crippen LogP contribution in [0.15, 0.2) is 18.2 Å². The molecular weight excluding hydrogens is 274 g/mol. The minimum Gasteiger partial charge on any atom is -0.496 e. The Bertz CT molecular complexity index is 526. The standard InChI is InChI=1S/C15H25NO3S/c1-5-12(3)20(17,18)11-14-9-13(10-16-6-2)7-8-15(14)19-4/h7-9,12,16H,5-6,10-11H2,1-4H3. The SMILES string of the molecule is CCNCc1ccc(OC)c(CS(=O)(=O)C(C)CC)c1. The Balaban J connectivity index is 3.02. The molecule has 5 heteroatoms. The van der Waals surface area contributed by atoms with Crippen LogP contribution in [0.25, 0.3) is 0 Å². The van der Waals surface area contributed by atoms with Crippen LogP contribution >= 0.6 is 0 Å². The molecule has 0 fully saturated rings. The van der Waals surface area contributed by atoms with Crippen molar-refractivity contribution in [2.24, 2.45) is 0 Å². The highest BCUT2D eigenvalue weighted by Crippen LogP contribution is 2.24. The fraction of sp³-hybridized carbons (Fsp3) is 0.600. The number of rotatable bonds is 8. The zero-order valence-electron chi connectivity index (χ0n) is 12.8. The van der Waals surface area contributed by atoms with E-state index in [1.807, 2.05) is 32.0 Å². The van der Waals surface area contributed by atoms with Crippen LogP contribution in [0.3, 0.4) is 0 Å². The molecule has 0 saturated heterocycles. The quantitative estimate of drug-likeness (QED) is 0.801. The monoisotopic (exact) mass is 299 g/mol. The van der Waals surface area contributed by atoms with Crippen LogP contribution in [0, 0.1) is 0 Å². The molecule has 0 aliphatic carbocycles. The lowest BCUT2D eigenvalue weighted by atomic mass is 10.1. The maximum absolute atomic E-state index is 12.3. The normalized spacial score (nSPS) is 13.2. The van der Waals surface area contributed by atoms with Gasteiger partial charge in [0.25, 0.3) is 0 Å². The summed E-state index contributed by atoms with van der Waals surface area (Å²) in [5.41, 5.74) is 1.81. The summed E-state index contributed by atoms with van der Waals surface area (Å²) < 4.78 is 29.8. The number of nitrogens with one attached hydrogen (secondary N) is 1. The van der Waals surface area contributed by atoms with Gasteiger partial charge in [-0.05, 0) is 37.6 Å². The molecule has 0 aromatic heterocycles. The number of benzene rings is 1. The van der Waals surface area contributed by atoms with E-state index < -0.39 is 9.84 Å². The van der Waals surface area contributed by atoms with Crippen molar-refractivity contribution in [2.75, 3.05) is 13.7 Å². The Morgan fingerprint density at radius 3 is 2.55 bits per heavy atom. The highest BCUT2D eigenvalue weighted by molar-refractivity contribution is 7.91. The predicted octanol–water partition coefficient (Wildman–Crippen LogP) is 2.52. The van der Waals surface area contributed by atoms with Gasteiger partial charge in [-0.15, -0.1) is 0 Å². The average molecular weight is 299 g/mol. The van der Waals surface area contributed by atoms with Gasteiger partial charge in [0.05, 0.1) is 18.1 Å². The number of ether oxygens (including phenoxy) is 1. The van der Waals surface area contributed by atoms with Crippen molar-refractivity contribution in [3.05, 3.63) is 29.3 Å². The number of sulfone groups is 1. The van der Waals surface area contributed by atoms with E-state index in [1.54, 1.807) is 14.0 Å². The van der Waals surface area contributed by atoms with Gasteiger partial charge in [0, 0.05) is 12.1 Å². The predicted molar refractivity (Wildman–Crippen MR) is 82.8 cm³/mol. The van der Waals surface area contributed by atoms with E-state index in [0.717, 1.165) is 24.2 Å². The van der Waals surface area contributed by atoms with Crippen LogP contribution in [-0.4, -0.2) is 27.3 Å². The molecule has 0 aliphatic heterocycles. The Hall–Kier alpha value is -1.07. The molecule has 0 heterocycles. The fourth-order valence-corrected chi connectivity index (χ4v) is 3.39. The Morgan fingerprint density at radius 2 is 2.00 bits per heavy atom. The molecule has 4 nitrogen and oxygen atoms in total. The third-order valence-corrected chi connectivity index (χ3v) is 5.74. The molecule has 114 valence electrons. The van der Waals surface area contributed by atoms with E-state index in [0.29, 0.717) is 12.2 Å². The smallest absolute Gasteiger partial charge is 0.157 e. The molecule has 1 rings (SSSR count). The van der Waals surface area contributed by atoms with Crippen molar-refractivity contribution >= 4 is 9.84 Å². The van der Waals surface area contributed by atoms with Gasteiger partial charge >= 0.3 is 0 Å². The molecule has 1 N–H and O–H groups in total. The van der Waals surface area contributed by atoms with Crippen molar-refractivity contribution in [3.8, 4) is 5.75 Å². The van der Waals surface area contributed by atoms with E-state index in [-0.39, 0.29) is 11.0 Å². The summed E-state index contributed by atoms with van der Waals surface area (Å²) in [4.78, 5) is 0. The second-order valence-corrected chi connectivity index (χ2v) is 7.37. The lowest BCUT2D eigenvalue weighted by Crippen LogP contribution is -2.19. The molecule has 1 aromatic rings. The molecule has 1 aromatic carbocycles. The summed E-state index contributed by atoms with van der Waals surface area (Å²) in [6, 6.07) is 5.72. The molecule has 0 aliphatic rings. The second-order valence-electron chi connectivity index (χ2n) is 4.95. The number of hydrogen-bond donors (Lipinski definition) is 1. The third-order valence-electron chi connectivity index (χ3n) is 3.47. The lowest BCUT2D eigenvalue weighted by Gasteiger charge is -2.14. The summed E-state index contributed by atoms with van der Waals surface area (Å²) in [7, 11) is -1.57. The van der Waals surface area contributed by atoms with Gasteiger partial charge < -0.3 is 10.1 Å². The van der Waals surface area contributed by atoms with Crippen LogP contribution in [0.2, 0.25) is 0 Å². The van der Waals surface area contributed by atoms with Gasteiger partial charge in [-0.2, -0.15) is 0 Å². The van der Waals surface area contributed by atoms with Crippen LogP contribution in [0.5, 0.6) is 5.75 Å². The molecule has 0 radical (unpaired) electrons. The van der Waals surface area contributed by atoms with Crippen molar-refractivity contribution < 1.29 is 13.2 Å². The number of methoxy groups -OCH3 is 1. The third kappa shape index (κ3) is 4.49. The molecule has 1 atom stereocenters. The van der Waals surface area contributed by atoms with E-state index >= 15 is 0 Å². The lowest BCUT2D eigenvalue weighted by molar-refractivity contribution is 0.410. The fourth-order valence-electron chi connectivity index (χ4n) is 1.94. The van der Waals surface area contributed by atoms with Crippen molar-refractivity contribution in [1.29, 1.82) is 0 Å². The molecular formula is C15H25NO3S. The van der Waals surface area contributed by atoms with Gasteiger partial charge in [-0.25, -0.2) is 8.42 Å². The highest BCUT2D eigenvalue weighted by atomic mass is 32.2. The first-order valence-electron chi connectivity index (χ1n) is 7.02. The number of hydrogen-bond acceptors (Lipinski definition) is 4. The van der Waals surface area contributed by atoms with Crippen LogP contribution in [0.1, 0.15) is 38.3 Å². The highest BCUT2D eigenvalue weighted by Gasteiger charge is 2.21. The van der Waals surface area contributed by atoms with Gasteiger partial charge in [0.1, 0.15) is 5.75 Å². The van der Waals surface area contributed by atoms with Crippen LogP contribution < -0.4 is 10.1 Å². The summed E-state index contributed by atoms with van der Waals surface area (Å²) >= 11 is 0. The molecule has 0 amide bonds. The van der Waals surface area contributed by atoms with Gasteiger partial charge in [0.2, 0.25) is 0 Å². The Labute approximate surface area is 122 Å². The Morgan fingerprint density at radius 1 is 1.30 bits per heavy atom. The van der Waals surface area contributed by atoms with E-state index in [1.165, 1.54) is 0 Å². The summed E-state index contributed by atoms with van der Waals surface area (Å²) in [5.74, 6) is 0.669. The first-order valence-corrected chi connectivity index (χ1v) is 8.74. The topological polar surface area (TPSA) is 55.4 Å². The summed E-state index contributed by atoms with van der Waals surface area (Å²) in [6.07, 6.45) is 0.627. The van der Waals surface area contributed by atoms with Crippen molar-refractivity contribution in [3.63, 3.8) is 0 Å². The molecule has 20 heavy (non-hydrogen) atoms. The molecule has 0 bridgehead atoms. The largest absolute Gasteiger partial charge is 0.496 e. The van der Waals surface area contributed by atoms with E-state index in [4.69, 9.17) is 4.74 Å². The molecule has 0 saturated carbocycles. The van der Waals surface area contributed by atoms with E-state index in [2.05, 4.69) is 5.32 Å². The maximum Gasteiger partial charge on any atom is 0.157 e. The minimum absolute atomic E-state index is 0.0329. The van der Waals surface area contributed by atoms with E-state index in [9.17, 15) is 8.42 Å². The maximum atomic E-state index is 12.3. The second kappa shape index (κ2) is 7.64. The minimum atomic E-state index is -3.13. The van der Waals surface area contributed by atoms with Crippen molar-refractivity contribution in [1.82, 2.24) is 5.32 Å². The summed E-state index contributed by atoms with van der Waals surface area (Å²) in [6.45, 7) is 7.30. The molecule has 1 unspecified atom stereocenters. The Kier molecular flexibility index (Phi) is 6.49. The zero-order valence-corrected chi connectivity index (χ0v) is 13.6. The summed E-state index contributed by atoms with van der Waals surface area (Å²) in [5, 5.41) is 2.91. The van der Waals surface area contributed by atoms with Gasteiger partial charge in [-0.3, -0.25) is 0 Å². The first-order chi connectivity index (χ1) is 9.44. The van der Waals surface area contributed by atoms with Crippen molar-refractivity contribution in [2.45, 2.75) is 44.7 Å². The van der Waals surface area contributed by atoms with Gasteiger partial charge in [0.15, 0.2) is 9.84 Å².